The largest absolute Gasteiger partial charge is 0.336 e. The summed E-state index contributed by atoms with van der Waals surface area (Å²) in [6.45, 7) is 2.23. The Kier molecular flexibility index (Phi) is 5.17. The molecule has 1 saturated carbocycles. The fraction of sp³-hybridized carbons (Fsp3) is 0.625. The molecule has 2 aromatic heterocycles. The summed E-state index contributed by atoms with van der Waals surface area (Å²) in [7, 11) is -3.68. The summed E-state index contributed by atoms with van der Waals surface area (Å²) in [6, 6.07) is 1.34. The highest BCUT2D eigenvalue weighted by molar-refractivity contribution is 7.89. The van der Waals surface area contributed by atoms with Crippen molar-refractivity contribution in [3.05, 3.63) is 18.0 Å². The number of rotatable bonds is 6. The molecule has 3 N–H and O–H groups in total. The summed E-state index contributed by atoms with van der Waals surface area (Å²) in [5, 5.41) is 4.56. The summed E-state index contributed by atoms with van der Waals surface area (Å²) in [4.78, 5) is 4.21. The van der Waals surface area contributed by atoms with Crippen molar-refractivity contribution in [3.8, 4) is 0 Å². The van der Waals surface area contributed by atoms with Crippen LogP contribution in [0.4, 0.5) is 0 Å². The monoisotopic (exact) mass is 352 g/mol. The molecule has 8 heteroatoms. The van der Waals surface area contributed by atoms with E-state index >= 15 is 0 Å². The number of pyridine rings is 1. The molecule has 0 radical (unpaired) electrons. The van der Waals surface area contributed by atoms with Gasteiger partial charge < -0.3 is 10.3 Å². The molecule has 2 heterocycles. The van der Waals surface area contributed by atoms with E-state index in [-0.39, 0.29) is 10.9 Å². The molecule has 0 bridgehead atoms. The molecule has 1 aliphatic carbocycles. The first-order chi connectivity index (χ1) is 11.5. The summed E-state index contributed by atoms with van der Waals surface area (Å²) in [5.41, 5.74) is 6.90. The lowest BCUT2D eigenvalue weighted by molar-refractivity contribution is 0.294. The number of sulfonamides is 1. The third-order valence-electron chi connectivity index (χ3n) is 4.80. The second-order valence-corrected chi connectivity index (χ2v) is 8.08. The third kappa shape index (κ3) is 3.45. The zero-order valence-electron chi connectivity index (χ0n) is 13.9. The molecule has 132 valence electrons. The van der Waals surface area contributed by atoms with Crippen LogP contribution in [-0.4, -0.2) is 31.1 Å². The summed E-state index contributed by atoms with van der Waals surface area (Å²) < 4.78 is 33.4. The Hall–Kier alpha value is -1.51. The smallest absolute Gasteiger partial charge is 0.258 e. The number of nitrogens with zero attached hydrogens (tertiary/aromatic N) is 2. The summed E-state index contributed by atoms with van der Waals surface area (Å²) in [6.07, 6.45) is 7.49. The van der Waals surface area contributed by atoms with Gasteiger partial charge in [-0.05, 0) is 31.2 Å². The molecule has 1 fully saturated rings. The fourth-order valence-electron chi connectivity index (χ4n) is 3.40. The first kappa shape index (κ1) is 17.3. The predicted octanol–water partition coefficient (Wildman–Crippen LogP) is 1.97. The zero-order chi connectivity index (χ0) is 17.2. The number of hydrogen-bond donors (Lipinski definition) is 2. The van der Waals surface area contributed by atoms with Gasteiger partial charge in [-0.15, -0.1) is 0 Å². The van der Waals surface area contributed by atoms with Crippen LogP contribution in [0.2, 0.25) is 0 Å². The van der Waals surface area contributed by atoms with Gasteiger partial charge in [-0.25, -0.2) is 18.1 Å². The average Bonchev–Trinajstić information content (AvgIpc) is 3.02. The van der Waals surface area contributed by atoms with Crippen LogP contribution in [0.15, 0.2) is 21.7 Å². The van der Waals surface area contributed by atoms with Gasteiger partial charge in [0.05, 0.1) is 17.3 Å². The highest BCUT2D eigenvalue weighted by Crippen LogP contribution is 2.27. The van der Waals surface area contributed by atoms with Gasteiger partial charge in [0.15, 0.2) is 0 Å². The van der Waals surface area contributed by atoms with Gasteiger partial charge in [0.1, 0.15) is 4.90 Å². The molecule has 0 amide bonds. The van der Waals surface area contributed by atoms with Gasteiger partial charge in [-0.1, -0.05) is 31.3 Å². The SMILES string of the molecule is CCc1noc2ncc(S(=O)(=O)NC(CN)C3CCCCC3)cc12. The van der Waals surface area contributed by atoms with Crippen LogP contribution in [0, 0.1) is 5.92 Å². The first-order valence-electron chi connectivity index (χ1n) is 8.52. The van der Waals surface area contributed by atoms with E-state index in [1.807, 2.05) is 6.92 Å². The van der Waals surface area contributed by atoms with Gasteiger partial charge in [0.2, 0.25) is 10.0 Å². The van der Waals surface area contributed by atoms with Crippen molar-refractivity contribution >= 4 is 21.1 Å². The topological polar surface area (TPSA) is 111 Å². The van der Waals surface area contributed by atoms with E-state index in [0.29, 0.717) is 35.7 Å². The van der Waals surface area contributed by atoms with Crippen LogP contribution in [0.25, 0.3) is 11.1 Å². The van der Waals surface area contributed by atoms with Gasteiger partial charge >= 0.3 is 0 Å². The van der Waals surface area contributed by atoms with Crippen molar-refractivity contribution in [3.63, 3.8) is 0 Å². The van der Waals surface area contributed by atoms with E-state index in [1.165, 1.54) is 12.6 Å². The molecule has 1 aliphatic rings. The average molecular weight is 352 g/mol. The molecule has 1 unspecified atom stereocenters. The zero-order valence-corrected chi connectivity index (χ0v) is 14.7. The van der Waals surface area contributed by atoms with Gasteiger partial charge in [0, 0.05) is 12.6 Å². The molecule has 0 spiro atoms. The highest BCUT2D eigenvalue weighted by atomic mass is 32.2. The molecular weight excluding hydrogens is 328 g/mol. The Morgan fingerprint density at radius 3 is 2.79 bits per heavy atom. The van der Waals surface area contributed by atoms with Gasteiger partial charge in [-0.3, -0.25) is 0 Å². The molecule has 3 rings (SSSR count). The number of aryl methyl sites for hydroxylation is 1. The van der Waals surface area contributed by atoms with Crippen LogP contribution in [0.3, 0.4) is 0 Å². The fourth-order valence-corrected chi connectivity index (χ4v) is 4.69. The van der Waals surface area contributed by atoms with Crippen molar-refractivity contribution in [1.82, 2.24) is 14.9 Å². The van der Waals surface area contributed by atoms with Crippen molar-refractivity contribution in [2.24, 2.45) is 11.7 Å². The molecule has 2 aromatic rings. The third-order valence-corrected chi connectivity index (χ3v) is 6.26. The summed E-state index contributed by atoms with van der Waals surface area (Å²) >= 11 is 0. The molecule has 0 aromatic carbocycles. The van der Waals surface area contributed by atoms with Crippen LogP contribution >= 0.6 is 0 Å². The molecule has 24 heavy (non-hydrogen) atoms. The Morgan fingerprint density at radius 1 is 1.38 bits per heavy atom. The van der Waals surface area contributed by atoms with Crippen LogP contribution in [-0.2, 0) is 16.4 Å². The van der Waals surface area contributed by atoms with Crippen LogP contribution < -0.4 is 10.5 Å². The maximum Gasteiger partial charge on any atom is 0.258 e. The molecule has 1 atom stereocenters. The maximum absolute atomic E-state index is 12.8. The normalized spacial score (nSPS) is 18.1. The molecule has 7 nitrogen and oxygen atoms in total. The lowest BCUT2D eigenvalue weighted by Gasteiger charge is -2.29. The number of fused-ring (bicyclic) bond motifs is 1. The molecule has 0 saturated heterocycles. The summed E-state index contributed by atoms with van der Waals surface area (Å²) in [5.74, 6) is 0.303. The molecular formula is C16H24N4O3S. The van der Waals surface area contributed by atoms with E-state index in [1.54, 1.807) is 6.07 Å². The van der Waals surface area contributed by atoms with Crippen molar-refractivity contribution in [1.29, 1.82) is 0 Å². The van der Waals surface area contributed by atoms with E-state index in [9.17, 15) is 8.42 Å². The lowest BCUT2D eigenvalue weighted by atomic mass is 9.84. The Bertz CT molecular complexity index is 797. The number of nitrogens with one attached hydrogen (secondary N) is 1. The molecule has 0 aliphatic heterocycles. The predicted molar refractivity (Wildman–Crippen MR) is 90.9 cm³/mol. The second-order valence-electron chi connectivity index (χ2n) is 6.37. The Labute approximate surface area is 142 Å². The van der Waals surface area contributed by atoms with Crippen molar-refractivity contribution in [2.45, 2.75) is 56.4 Å². The van der Waals surface area contributed by atoms with Crippen molar-refractivity contribution in [2.75, 3.05) is 6.54 Å². The van der Waals surface area contributed by atoms with E-state index in [4.69, 9.17) is 10.3 Å². The standard InChI is InChI=1S/C16H24N4O3S/c1-2-14-13-8-12(10-18-16(13)23-19-14)24(21,22)20-15(9-17)11-6-4-3-5-7-11/h8,10-11,15,20H,2-7,9,17H2,1H3. The number of aromatic nitrogens is 2. The van der Waals surface area contributed by atoms with Crippen molar-refractivity contribution < 1.29 is 12.9 Å². The Morgan fingerprint density at radius 2 is 2.12 bits per heavy atom. The number of nitrogens with two attached hydrogens (primary N) is 1. The number of hydrogen-bond acceptors (Lipinski definition) is 6. The highest BCUT2D eigenvalue weighted by Gasteiger charge is 2.28. The minimum absolute atomic E-state index is 0.127. The van der Waals surface area contributed by atoms with Gasteiger partial charge in [-0.2, -0.15) is 0 Å². The van der Waals surface area contributed by atoms with Gasteiger partial charge in [0.25, 0.3) is 5.71 Å². The first-order valence-corrected chi connectivity index (χ1v) is 10.00. The quantitative estimate of drug-likeness (QED) is 0.822. The van der Waals surface area contributed by atoms with Crippen LogP contribution in [0.1, 0.15) is 44.7 Å². The minimum Gasteiger partial charge on any atom is -0.336 e. The van der Waals surface area contributed by atoms with E-state index < -0.39 is 10.0 Å². The van der Waals surface area contributed by atoms with E-state index in [0.717, 1.165) is 25.7 Å². The lowest BCUT2D eigenvalue weighted by Crippen LogP contribution is -2.45. The minimum atomic E-state index is -3.68. The second kappa shape index (κ2) is 7.16. The van der Waals surface area contributed by atoms with E-state index in [2.05, 4.69) is 14.9 Å². The Balaban J connectivity index is 1.86. The van der Waals surface area contributed by atoms with Crippen LogP contribution in [0.5, 0.6) is 0 Å². The maximum atomic E-state index is 12.8.